The lowest BCUT2D eigenvalue weighted by atomic mass is 9.46. The first-order valence-electron chi connectivity index (χ1n) is 27.0. The molecule has 4 saturated carbocycles. The second-order valence-electron chi connectivity index (χ2n) is 24.6. The molecule has 6 N–H and O–H groups in total. The van der Waals surface area contributed by atoms with Gasteiger partial charge in [0.2, 0.25) is 0 Å². The Hall–Kier alpha value is -2.91. The minimum absolute atomic E-state index is 0.0559. The van der Waals surface area contributed by atoms with E-state index in [0.717, 1.165) is 0 Å². The summed E-state index contributed by atoms with van der Waals surface area (Å²) in [7, 11) is 5.52. The number of aliphatic hydroxyl groups is 6. The maximum Gasteiger partial charge on any atom is 0.338 e. The molecule has 3 saturated heterocycles. The second kappa shape index (κ2) is 21.5. The van der Waals surface area contributed by atoms with Crippen molar-refractivity contribution < 1.29 is 77.9 Å². The number of esters is 3. The molecule has 8 aliphatic rings. The Morgan fingerprint density at radius 2 is 1.63 bits per heavy atom. The third kappa shape index (κ3) is 10.4. The van der Waals surface area contributed by atoms with Crippen molar-refractivity contribution in [2.75, 3.05) is 34.3 Å². The number of ether oxygens (including phenoxy) is 5. The fourth-order valence-corrected chi connectivity index (χ4v) is 15.0. The van der Waals surface area contributed by atoms with Gasteiger partial charge in [0.1, 0.15) is 24.0 Å². The minimum atomic E-state index is -1.97. The Morgan fingerprint density at radius 1 is 0.959 bits per heavy atom. The fourth-order valence-electron chi connectivity index (χ4n) is 15.0. The van der Waals surface area contributed by atoms with Crippen molar-refractivity contribution >= 4 is 23.7 Å². The molecule has 0 spiro atoms. The highest BCUT2D eigenvalue weighted by atomic mass is 19.1. The third-order valence-electron chi connectivity index (χ3n) is 19.5. The standard InChI is InChI=1S/C55H87FN2O15/c1-13-41-53(9,66)46(63)32(6)58(12)27-33-24-54(67,25-33)47(30(4)44(62)31(5)48(64)71-41)73-49-45(39(57(10)11)21-29(3)70-49)72-42(61)16-14-15-19-69-50(65)55(68)28(2)20-36-35-23-38(56)37-22-34(59)17-18-51(37,7)43(35)40(60)26-52(36,55)8/h17-18,22,28-33,35-36,38-41,43-47,49,60,62-63,66-68H,13-16,19-21,23-27H2,1-12H3/t28-,29-,30+,31-,32-,33?,35?,36?,38+,39-,40+,41-,43?,44+,45-,46-,47?,49+,51+,52+,53-,54?,55+/m1/s1. The van der Waals surface area contributed by atoms with E-state index >= 15 is 4.39 Å². The molecular weight excluding hydrogens is 948 g/mol. The summed E-state index contributed by atoms with van der Waals surface area (Å²) in [5, 5.41) is 71.4. The van der Waals surface area contributed by atoms with Crippen LogP contribution in [0.2, 0.25) is 0 Å². The lowest BCUT2D eigenvalue weighted by molar-refractivity contribution is -0.313. The molecule has 7 fully saturated rings. The summed E-state index contributed by atoms with van der Waals surface area (Å²) in [6.45, 7) is 15.8. The number of rotatable bonds is 11. The molecule has 3 heterocycles. The van der Waals surface area contributed by atoms with Crippen molar-refractivity contribution in [3.8, 4) is 0 Å². The average molecular weight is 1040 g/mol. The fraction of sp³-hybridized carbons (Fsp3) is 0.855. The van der Waals surface area contributed by atoms with Gasteiger partial charge in [0, 0.05) is 41.7 Å². The lowest BCUT2D eigenvalue weighted by Crippen LogP contribution is -2.64. The number of allylic oxidation sites excluding steroid dienone is 4. The van der Waals surface area contributed by atoms with E-state index < -0.39 is 124 Å². The van der Waals surface area contributed by atoms with Gasteiger partial charge >= 0.3 is 17.9 Å². The number of carbonyl (C=O) groups excluding carboxylic acids is 4. The van der Waals surface area contributed by atoms with Crippen LogP contribution in [0.3, 0.4) is 0 Å². The van der Waals surface area contributed by atoms with Gasteiger partial charge in [-0.15, -0.1) is 0 Å². The zero-order valence-corrected chi connectivity index (χ0v) is 45.2. The quantitative estimate of drug-likeness (QED) is 0.0980. The number of hydrogen-bond acceptors (Lipinski definition) is 17. The number of alkyl halides is 1. The first-order valence-corrected chi connectivity index (χ1v) is 27.0. The first-order chi connectivity index (χ1) is 34.0. The summed E-state index contributed by atoms with van der Waals surface area (Å²) in [6, 6.07) is -0.944. The second-order valence-corrected chi connectivity index (χ2v) is 24.6. The van der Waals surface area contributed by atoms with Gasteiger partial charge in [-0.3, -0.25) is 14.4 Å². The van der Waals surface area contributed by atoms with Gasteiger partial charge in [-0.05, 0) is 148 Å². The normalized spacial score (nSPS) is 48.5. The van der Waals surface area contributed by atoms with Gasteiger partial charge in [-0.2, -0.15) is 0 Å². The van der Waals surface area contributed by atoms with Crippen LogP contribution in [0.5, 0.6) is 0 Å². The largest absolute Gasteiger partial charge is 0.464 e. The highest BCUT2D eigenvalue weighted by Crippen LogP contribution is 2.68. The Kier molecular flexibility index (Phi) is 17.0. The number of halogens is 1. The molecule has 3 aliphatic heterocycles. The number of nitrogens with zero attached hydrogens (tertiary/aromatic N) is 2. The molecule has 4 unspecified atom stereocenters. The van der Waals surface area contributed by atoms with Gasteiger partial charge in [0.05, 0.1) is 48.6 Å². The third-order valence-corrected chi connectivity index (χ3v) is 19.5. The van der Waals surface area contributed by atoms with E-state index in [1.54, 1.807) is 40.7 Å². The van der Waals surface area contributed by atoms with E-state index in [1.807, 2.05) is 44.8 Å². The number of unbranched alkanes of at least 4 members (excludes halogenated alkanes) is 1. The summed E-state index contributed by atoms with van der Waals surface area (Å²) >= 11 is 0. The predicted molar refractivity (Wildman–Crippen MR) is 265 cm³/mol. The van der Waals surface area contributed by atoms with Crippen molar-refractivity contribution in [3.05, 3.63) is 23.8 Å². The van der Waals surface area contributed by atoms with Crippen LogP contribution in [0.25, 0.3) is 0 Å². The highest BCUT2D eigenvalue weighted by Gasteiger charge is 2.72. The van der Waals surface area contributed by atoms with Crippen LogP contribution in [0.1, 0.15) is 127 Å². The molecule has 18 heteroatoms. The van der Waals surface area contributed by atoms with Crippen LogP contribution in [0.4, 0.5) is 4.39 Å². The number of fused-ring (bicyclic) bond motifs is 16. The number of likely N-dealkylation sites (N-methyl/N-ethyl adjacent to an activating group) is 2. The van der Waals surface area contributed by atoms with Crippen molar-refractivity contribution in [2.45, 2.75) is 211 Å². The van der Waals surface area contributed by atoms with Crippen molar-refractivity contribution in [1.29, 1.82) is 0 Å². The Bertz CT molecular complexity index is 2100. The van der Waals surface area contributed by atoms with Crippen molar-refractivity contribution in [1.82, 2.24) is 9.80 Å². The summed E-state index contributed by atoms with van der Waals surface area (Å²) in [5.41, 5.74) is -6.91. The van der Waals surface area contributed by atoms with E-state index in [0.29, 0.717) is 25.0 Å². The highest BCUT2D eigenvalue weighted by molar-refractivity contribution is 6.01. The van der Waals surface area contributed by atoms with E-state index in [-0.39, 0.29) is 93.7 Å². The summed E-state index contributed by atoms with van der Waals surface area (Å²) in [5.74, 6) is -6.17. The zero-order valence-electron chi connectivity index (χ0n) is 45.2. The van der Waals surface area contributed by atoms with Crippen LogP contribution in [0, 0.1) is 52.3 Å². The van der Waals surface area contributed by atoms with Crippen molar-refractivity contribution in [3.63, 3.8) is 0 Å². The van der Waals surface area contributed by atoms with Gasteiger partial charge < -0.3 is 64.1 Å². The number of aliphatic hydroxyl groups excluding tert-OH is 3. The van der Waals surface area contributed by atoms with E-state index in [4.69, 9.17) is 23.7 Å². The molecule has 21 atom stereocenters. The Labute approximate surface area is 431 Å². The Morgan fingerprint density at radius 3 is 2.27 bits per heavy atom. The first kappa shape index (κ1) is 57.8. The molecule has 0 aromatic rings. The molecule has 0 amide bonds. The molecular formula is C55H87FN2O15. The summed E-state index contributed by atoms with van der Waals surface area (Å²) in [4.78, 5) is 57.6. The molecule has 414 valence electrons. The van der Waals surface area contributed by atoms with Crippen LogP contribution in [-0.4, -0.2) is 183 Å². The summed E-state index contributed by atoms with van der Waals surface area (Å²) in [6.07, 6.45) is -3.15. The number of hydrogen-bond donors (Lipinski definition) is 6. The van der Waals surface area contributed by atoms with Crippen LogP contribution >= 0.6 is 0 Å². The number of ketones is 1. The van der Waals surface area contributed by atoms with Gasteiger partial charge in [0.15, 0.2) is 23.8 Å². The van der Waals surface area contributed by atoms with Gasteiger partial charge in [-0.25, -0.2) is 9.18 Å². The maximum absolute atomic E-state index is 15.9. The average Bonchev–Trinajstić information content (AvgIpc) is 3.52. The molecule has 0 radical (unpaired) electrons. The van der Waals surface area contributed by atoms with Crippen LogP contribution in [0.15, 0.2) is 23.8 Å². The van der Waals surface area contributed by atoms with Crippen molar-refractivity contribution in [2.24, 2.45) is 52.3 Å². The monoisotopic (exact) mass is 1030 g/mol. The Balaban J connectivity index is 1.01. The number of carbonyl (C=O) groups is 4. The molecule has 8 rings (SSSR count). The zero-order chi connectivity index (χ0) is 54.1. The molecule has 0 aromatic heterocycles. The van der Waals surface area contributed by atoms with E-state index in [2.05, 4.69) is 0 Å². The van der Waals surface area contributed by atoms with Crippen LogP contribution < -0.4 is 0 Å². The molecule has 2 bridgehead atoms. The molecule has 5 aliphatic carbocycles. The topological polar surface area (TPSA) is 242 Å². The SMILES string of the molecule is CC[C@H]1OC(=O)[C@H](C)[C@@H](O)[C@H](C)C(O[C@@H]2O[C@H](C)C[C@@H](N(C)C)[C@H]2OC(=O)CCCCOC(=O)[C@@]2(O)[C@H](C)CC3C4C[C@H](F)C5=CC(=O)C=C[C@]5(C)C4[C@@H](O)C[C@@]32C)C2(O)CC(CN(C)[C@H](C)[C@@H](O)[C@]1(C)O)C2. The smallest absolute Gasteiger partial charge is 0.338 e. The molecule has 73 heavy (non-hydrogen) atoms. The minimum Gasteiger partial charge on any atom is -0.464 e. The predicted octanol–water partition coefficient (Wildman–Crippen LogP) is 3.81. The maximum atomic E-state index is 15.9. The van der Waals surface area contributed by atoms with Gasteiger partial charge in [0.25, 0.3) is 0 Å². The van der Waals surface area contributed by atoms with Gasteiger partial charge in [-0.1, -0.05) is 40.7 Å². The molecule has 0 aromatic carbocycles. The van der Waals surface area contributed by atoms with Crippen LogP contribution in [-0.2, 0) is 42.9 Å². The van der Waals surface area contributed by atoms with E-state index in [1.165, 1.54) is 26.0 Å². The lowest BCUT2D eigenvalue weighted by Gasteiger charge is -2.59. The summed E-state index contributed by atoms with van der Waals surface area (Å²) < 4.78 is 46.9. The van der Waals surface area contributed by atoms with E-state index in [9.17, 15) is 49.8 Å². The molecule has 17 nitrogen and oxygen atoms in total.